The highest BCUT2D eigenvalue weighted by Gasteiger charge is 2.37. The van der Waals surface area contributed by atoms with Gasteiger partial charge in [-0.3, -0.25) is 19.3 Å². The number of carbonyl (C=O) groups is 1. The second kappa shape index (κ2) is 4.23. The molecule has 0 amide bonds. The molecule has 3 aliphatic heterocycles. The quantitative estimate of drug-likeness (QED) is 0.695. The second-order valence-electron chi connectivity index (χ2n) is 4.75. The van der Waals surface area contributed by atoms with E-state index in [-0.39, 0.29) is 11.8 Å². The summed E-state index contributed by atoms with van der Waals surface area (Å²) in [7, 11) is 0. The van der Waals surface area contributed by atoms with Crippen molar-refractivity contribution < 1.29 is 4.79 Å². The topological polar surface area (TPSA) is 41.4 Å². The molecule has 4 rings (SSSR count). The minimum atomic E-state index is 0.0412. The lowest BCUT2D eigenvalue weighted by molar-refractivity contribution is 0.0154. The number of aryl methyl sites for hydroxylation is 1. The van der Waals surface area contributed by atoms with Crippen molar-refractivity contribution >= 4 is 5.78 Å². The van der Waals surface area contributed by atoms with Gasteiger partial charge in [0.05, 0.1) is 6.04 Å². The fraction of sp³-hybridized carbons (Fsp3) is 0.667. The van der Waals surface area contributed by atoms with Crippen molar-refractivity contribution in [1.82, 2.24) is 19.6 Å². The van der Waals surface area contributed by atoms with Gasteiger partial charge in [-0.2, -0.15) is 5.10 Å². The number of hydrogen-bond acceptors (Lipinski definition) is 4. The van der Waals surface area contributed by atoms with E-state index >= 15 is 0 Å². The molecule has 92 valence electrons. The molecule has 3 saturated heterocycles. The molecule has 0 spiro atoms. The maximum atomic E-state index is 12.5. The Kier molecular flexibility index (Phi) is 2.72. The predicted molar refractivity (Wildman–Crippen MR) is 64.0 cm³/mol. The van der Waals surface area contributed by atoms with Gasteiger partial charge in [-0.15, -0.1) is 0 Å². The molecule has 5 nitrogen and oxygen atoms in total. The van der Waals surface area contributed by atoms with E-state index in [1.54, 1.807) is 10.9 Å². The third-order valence-electron chi connectivity index (χ3n) is 3.85. The smallest absolute Gasteiger partial charge is 0.199 e. The van der Waals surface area contributed by atoms with Gasteiger partial charge in [0.15, 0.2) is 5.78 Å². The van der Waals surface area contributed by atoms with Crippen molar-refractivity contribution in [3.63, 3.8) is 0 Å². The van der Waals surface area contributed by atoms with Crippen LogP contribution in [0.5, 0.6) is 0 Å². The van der Waals surface area contributed by atoms with Crippen LogP contribution in [0.25, 0.3) is 0 Å². The Morgan fingerprint density at radius 1 is 1.41 bits per heavy atom. The highest BCUT2D eigenvalue weighted by Crippen LogP contribution is 2.19. The van der Waals surface area contributed by atoms with Crippen LogP contribution in [0, 0.1) is 0 Å². The van der Waals surface area contributed by atoms with Crippen LogP contribution in [0.2, 0.25) is 0 Å². The van der Waals surface area contributed by atoms with Crippen molar-refractivity contribution in [3.8, 4) is 0 Å². The zero-order valence-corrected chi connectivity index (χ0v) is 10.2. The number of Topliss-reactive ketones (excluding diaryl/α,β-unsaturated/α-hetero) is 1. The van der Waals surface area contributed by atoms with E-state index in [0.717, 1.165) is 45.0 Å². The van der Waals surface area contributed by atoms with E-state index in [9.17, 15) is 4.79 Å². The average molecular weight is 234 g/mol. The summed E-state index contributed by atoms with van der Waals surface area (Å²) in [5, 5.41) is 4.18. The molecule has 0 radical (unpaired) electrons. The van der Waals surface area contributed by atoms with Crippen LogP contribution < -0.4 is 0 Å². The third kappa shape index (κ3) is 1.79. The van der Waals surface area contributed by atoms with Gasteiger partial charge >= 0.3 is 0 Å². The third-order valence-corrected chi connectivity index (χ3v) is 3.85. The molecular formula is C12H18N4O. The van der Waals surface area contributed by atoms with Gasteiger partial charge in [-0.05, 0) is 13.0 Å². The van der Waals surface area contributed by atoms with E-state index in [1.165, 1.54) is 0 Å². The first-order chi connectivity index (χ1) is 8.29. The molecule has 2 bridgehead atoms. The summed E-state index contributed by atoms with van der Waals surface area (Å²) in [6, 6.07) is 1.88. The normalized spacial score (nSPS) is 31.7. The van der Waals surface area contributed by atoms with Gasteiger partial charge in [-0.25, -0.2) is 0 Å². The summed E-state index contributed by atoms with van der Waals surface area (Å²) in [6.45, 7) is 7.92. The van der Waals surface area contributed by atoms with E-state index in [2.05, 4.69) is 14.9 Å². The van der Waals surface area contributed by atoms with Crippen LogP contribution in [0.1, 0.15) is 17.4 Å². The van der Waals surface area contributed by atoms with E-state index in [0.29, 0.717) is 0 Å². The zero-order valence-electron chi connectivity index (χ0n) is 10.2. The molecule has 1 atom stereocenters. The molecule has 0 aromatic carbocycles. The van der Waals surface area contributed by atoms with Crippen molar-refractivity contribution in [2.24, 2.45) is 0 Å². The van der Waals surface area contributed by atoms with Gasteiger partial charge in [0, 0.05) is 45.5 Å². The molecule has 1 aromatic heterocycles. The van der Waals surface area contributed by atoms with Gasteiger partial charge in [0.25, 0.3) is 0 Å². The standard InChI is InChI=1S/C12H18N4O/c1-2-16-10(3-4-13-16)12(17)11-9-14-5-7-15(11)8-6-14/h3-4,11H,2,5-9H2,1H3. The Morgan fingerprint density at radius 3 is 2.76 bits per heavy atom. The number of hydrogen-bond donors (Lipinski definition) is 0. The monoisotopic (exact) mass is 234 g/mol. The number of nitrogens with zero attached hydrogens (tertiary/aromatic N) is 4. The minimum absolute atomic E-state index is 0.0412. The number of piperazine rings is 3. The first kappa shape index (κ1) is 10.9. The number of ketones is 1. The Hall–Kier alpha value is -1.20. The highest BCUT2D eigenvalue weighted by atomic mass is 16.1. The Labute approximate surface area is 101 Å². The summed E-state index contributed by atoms with van der Waals surface area (Å²) in [4.78, 5) is 17.2. The first-order valence-corrected chi connectivity index (χ1v) is 6.32. The Morgan fingerprint density at radius 2 is 2.18 bits per heavy atom. The molecule has 0 N–H and O–H groups in total. The lowest BCUT2D eigenvalue weighted by Gasteiger charge is -2.46. The maximum Gasteiger partial charge on any atom is 0.199 e. The first-order valence-electron chi connectivity index (χ1n) is 6.32. The molecule has 0 saturated carbocycles. The average Bonchev–Trinajstić information content (AvgIpc) is 2.87. The number of fused-ring (bicyclic) bond motifs is 3. The predicted octanol–water partition coefficient (Wildman–Crippen LogP) is 0.0855. The van der Waals surface area contributed by atoms with E-state index in [4.69, 9.17) is 0 Å². The summed E-state index contributed by atoms with van der Waals surface area (Å²) < 4.78 is 1.79. The molecule has 3 fully saturated rings. The zero-order chi connectivity index (χ0) is 11.8. The van der Waals surface area contributed by atoms with Crippen LogP contribution in [-0.4, -0.2) is 64.1 Å². The fourth-order valence-corrected chi connectivity index (χ4v) is 2.83. The lowest BCUT2D eigenvalue weighted by Crippen LogP contribution is -2.63. The van der Waals surface area contributed by atoms with Gasteiger partial charge in [-0.1, -0.05) is 0 Å². The van der Waals surface area contributed by atoms with Crippen LogP contribution in [0.15, 0.2) is 12.3 Å². The molecule has 17 heavy (non-hydrogen) atoms. The summed E-state index contributed by atoms with van der Waals surface area (Å²) in [5.74, 6) is 0.230. The van der Waals surface area contributed by atoms with Crippen LogP contribution in [-0.2, 0) is 6.54 Å². The molecule has 4 heterocycles. The van der Waals surface area contributed by atoms with E-state index in [1.807, 2.05) is 13.0 Å². The van der Waals surface area contributed by atoms with Crippen LogP contribution in [0.3, 0.4) is 0 Å². The summed E-state index contributed by atoms with van der Waals surface area (Å²) >= 11 is 0. The molecule has 5 heteroatoms. The Balaban J connectivity index is 1.83. The molecule has 0 aliphatic carbocycles. The molecule has 3 aliphatic rings. The largest absolute Gasteiger partial charge is 0.299 e. The maximum absolute atomic E-state index is 12.5. The second-order valence-corrected chi connectivity index (χ2v) is 4.75. The molecular weight excluding hydrogens is 216 g/mol. The number of carbonyl (C=O) groups excluding carboxylic acids is 1. The molecule has 1 aromatic rings. The van der Waals surface area contributed by atoms with E-state index < -0.39 is 0 Å². The highest BCUT2D eigenvalue weighted by molar-refractivity contribution is 5.99. The van der Waals surface area contributed by atoms with Crippen molar-refractivity contribution in [2.75, 3.05) is 32.7 Å². The SMILES string of the molecule is CCn1nccc1C(=O)C1CN2CCN1CC2. The summed E-state index contributed by atoms with van der Waals surface area (Å²) in [6.07, 6.45) is 1.72. The number of aromatic nitrogens is 2. The fourth-order valence-electron chi connectivity index (χ4n) is 2.83. The Bertz CT molecular complexity index is 420. The van der Waals surface area contributed by atoms with Gasteiger partial charge in [0.2, 0.25) is 0 Å². The summed E-state index contributed by atoms with van der Waals surface area (Å²) in [5.41, 5.74) is 0.756. The van der Waals surface area contributed by atoms with Crippen LogP contribution in [0.4, 0.5) is 0 Å². The van der Waals surface area contributed by atoms with Gasteiger partial charge in [0.1, 0.15) is 5.69 Å². The van der Waals surface area contributed by atoms with Crippen molar-refractivity contribution in [2.45, 2.75) is 19.5 Å². The van der Waals surface area contributed by atoms with Crippen LogP contribution >= 0.6 is 0 Å². The van der Waals surface area contributed by atoms with Crippen molar-refractivity contribution in [3.05, 3.63) is 18.0 Å². The van der Waals surface area contributed by atoms with Crippen molar-refractivity contribution in [1.29, 1.82) is 0 Å². The minimum Gasteiger partial charge on any atom is -0.299 e. The molecule has 1 unspecified atom stereocenters. The number of rotatable bonds is 3. The lowest BCUT2D eigenvalue weighted by atomic mass is 10.0. The van der Waals surface area contributed by atoms with Gasteiger partial charge < -0.3 is 0 Å².